The van der Waals surface area contributed by atoms with Gasteiger partial charge in [0, 0.05) is 32.7 Å². The Balaban J connectivity index is 1.68. The Labute approximate surface area is 156 Å². The third kappa shape index (κ3) is 3.89. The minimum atomic E-state index is -3.71. The molecule has 0 amide bonds. The number of anilines is 2. The molecular weight excluding hydrogens is 381 g/mol. The number of aromatic nitrogens is 2. The highest BCUT2D eigenvalue weighted by Gasteiger charge is 2.29. The fourth-order valence-corrected chi connectivity index (χ4v) is 4.41. The van der Waals surface area contributed by atoms with Crippen molar-refractivity contribution in [1.29, 1.82) is 0 Å². The summed E-state index contributed by atoms with van der Waals surface area (Å²) < 4.78 is 40.1. The number of nitrogens with one attached hydrogen (secondary N) is 1. The molecule has 0 aliphatic carbocycles. The van der Waals surface area contributed by atoms with Crippen molar-refractivity contribution >= 4 is 33.3 Å². The van der Waals surface area contributed by atoms with Crippen molar-refractivity contribution < 1.29 is 12.8 Å². The highest BCUT2D eigenvalue weighted by atomic mass is 35.5. The summed E-state index contributed by atoms with van der Waals surface area (Å²) in [6.45, 7) is 4.32. The lowest BCUT2D eigenvalue weighted by Crippen LogP contribution is -2.49. The van der Waals surface area contributed by atoms with Gasteiger partial charge in [0.05, 0.1) is 9.92 Å². The Morgan fingerprint density at radius 3 is 2.46 bits per heavy atom. The molecule has 1 aromatic carbocycles. The van der Waals surface area contributed by atoms with E-state index in [0.717, 1.165) is 18.7 Å². The van der Waals surface area contributed by atoms with Crippen LogP contribution in [-0.4, -0.2) is 55.6 Å². The lowest BCUT2D eigenvalue weighted by Gasteiger charge is -2.34. The first kappa shape index (κ1) is 18.8. The van der Waals surface area contributed by atoms with E-state index in [2.05, 4.69) is 15.5 Å². The zero-order valence-electron chi connectivity index (χ0n) is 14.2. The maximum absolute atomic E-state index is 13.3. The summed E-state index contributed by atoms with van der Waals surface area (Å²) in [7, 11) is -3.71. The normalized spacial score (nSPS) is 15.9. The molecule has 140 valence electrons. The van der Waals surface area contributed by atoms with Gasteiger partial charge in [0.2, 0.25) is 10.0 Å². The molecule has 0 spiro atoms. The smallest absolute Gasteiger partial charge is 0.243 e. The molecule has 1 saturated heterocycles. The van der Waals surface area contributed by atoms with E-state index in [1.807, 2.05) is 24.0 Å². The molecule has 7 nitrogen and oxygen atoms in total. The predicted octanol–water partition coefficient (Wildman–Crippen LogP) is 2.21. The fraction of sp³-hybridized carbons (Fsp3) is 0.375. The van der Waals surface area contributed by atoms with Gasteiger partial charge < -0.3 is 10.2 Å². The number of hydrogen-bond acceptors (Lipinski definition) is 6. The largest absolute Gasteiger partial charge is 0.369 e. The summed E-state index contributed by atoms with van der Waals surface area (Å²) in [4.78, 5) is 1.97. The zero-order valence-corrected chi connectivity index (χ0v) is 15.8. The maximum Gasteiger partial charge on any atom is 0.243 e. The molecule has 1 N–H and O–H groups in total. The highest BCUT2D eigenvalue weighted by Crippen LogP contribution is 2.24. The van der Waals surface area contributed by atoms with E-state index < -0.39 is 15.8 Å². The first-order chi connectivity index (χ1) is 12.4. The summed E-state index contributed by atoms with van der Waals surface area (Å²) in [5, 5.41) is 11.1. The summed E-state index contributed by atoms with van der Waals surface area (Å²) in [6, 6.07) is 7.13. The first-order valence-electron chi connectivity index (χ1n) is 8.19. The van der Waals surface area contributed by atoms with Gasteiger partial charge in [0.1, 0.15) is 11.6 Å². The van der Waals surface area contributed by atoms with Crippen LogP contribution >= 0.6 is 11.6 Å². The minimum absolute atomic E-state index is 0.00728. The van der Waals surface area contributed by atoms with Crippen LogP contribution in [0.3, 0.4) is 0 Å². The van der Waals surface area contributed by atoms with E-state index in [0.29, 0.717) is 37.8 Å². The Bertz CT molecular complexity index is 871. The molecule has 1 fully saturated rings. The Kier molecular flexibility index (Phi) is 5.59. The van der Waals surface area contributed by atoms with E-state index in [1.54, 1.807) is 0 Å². The predicted molar refractivity (Wildman–Crippen MR) is 98.6 cm³/mol. The highest BCUT2D eigenvalue weighted by molar-refractivity contribution is 7.89. The zero-order chi connectivity index (χ0) is 18.7. The van der Waals surface area contributed by atoms with Crippen LogP contribution in [0.1, 0.15) is 6.92 Å². The lowest BCUT2D eigenvalue weighted by atomic mass is 10.3. The van der Waals surface area contributed by atoms with Gasteiger partial charge in [-0.05, 0) is 37.3 Å². The van der Waals surface area contributed by atoms with Crippen molar-refractivity contribution in [3.63, 3.8) is 0 Å². The maximum atomic E-state index is 13.3. The Morgan fingerprint density at radius 2 is 1.88 bits per heavy atom. The quantitative estimate of drug-likeness (QED) is 0.830. The molecule has 0 radical (unpaired) electrons. The van der Waals surface area contributed by atoms with E-state index in [-0.39, 0.29) is 9.92 Å². The molecule has 0 atom stereocenters. The van der Waals surface area contributed by atoms with E-state index in [1.165, 1.54) is 10.4 Å². The molecule has 1 aromatic heterocycles. The van der Waals surface area contributed by atoms with Crippen molar-refractivity contribution in [3.05, 3.63) is 41.2 Å². The molecule has 10 heteroatoms. The van der Waals surface area contributed by atoms with Crippen molar-refractivity contribution in [2.24, 2.45) is 0 Å². The summed E-state index contributed by atoms with van der Waals surface area (Å²) in [5.41, 5.74) is 0. The van der Waals surface area contributed by atoms with Gasteiger partial charge in [0.25, 0.3) is 0 Å². The molecule has 1 aliphatic rings. The first-order valence-corrected chi connectivity index (χ1v) is 10.0. The third-order valence-corrected chi connectivity index (χ3v) is 6.28. The lowest BCUT2D eigenvalue weighted by molar-refractivity contribution is 0.383. The molecule has 3 rings (SSSR count). The van der Waals surface area contributed by atoms with E-state index in [4.69, 9.17) is 11.6 Å². The number of sulfonamides is 1. The summed E-state index contributed by atoms with van der Waals surface area (Å²) in [5.74, 6) is 0.759. The van der Waals surface area contributed by atoms with Crippen LogP contribution in [0.15, 0.2) is 35.2 Å². The van der Waals surface area contributed by atoms with Crippen molar-refractivity contribution in [3.8, 4) is 0 Å². The fourth-order valence-electron chi connectivity index (χ4n) is 2.71. The van der Waals surface area contributed by atoms with Crippen LogP contribution in [0.2, 0.25) is 5.02 Å². The van der Waals surface area contributed by atoms with Crippen LogP contribution in [0.5, 0.6) is 0 Å². The van der Waals surface area contributed by atoms with Gasteiger partial charge in [-0.15, -0.1) is 10.2 Å². The van der Waals surface area contributed by atoms with Gasteiger partial charge in [-0.1, -0.05) is 11.6 Å². The molecule has 1 aliphatic heterocycles. The SMILES string of the molecule is CCNc1ccc(N2CCN(S(=O)(=O)c3ccc(F)c(Cl)c3)CC2)nn1. The second kappa shape index (κ2) is 7.73. The Morgan fingerprint density at radius 1 is 1.15 bits per heavy atom. The monoisotopic (exact) mass is 399 g/mol. The molecule has 0 saturated carbocycles. The topological polar surface area (TPSA) is 78.4 Å². The number of piperazine rings is 1. The van der Waals surface area contributed by atoms with Crippen molar-refractivity contribution in [2.75, 3.05) is 42.9 Å². The van der Waals surface area contributed by atoms with Gasteiger partial charge in [-0.25, -0.2) is 12.8 Å². The Hall–Kier alpha value is -1.97. The summed E-state index contributed by atoms with van der Waals surface area (Å²) >= 11 is 5.71. The van der Waals surface area contributed by atoms with Crippen LogP contribution in [0.4, 0.5) is 16.0 Å². The minimum Gasteiger partial charge on any atom is -0.369 e. The van der Waals surface area contributed by atoms with E-state index >= 15 is 0 Å². The van der Waals surface area contributed by atoms with Crippen molar-refractivity contribution in [2.45, 2.75) is 11.8 Å². The molecule has 2 aromatic rings. The number of nitrogens with zero attached hydrogens (tertiary/aromatic N) is 4. The van der Waals surface area contributed by atoms with Gasteiger partial charge >= 0.3 is 0 Å². The number of benzene rings is 1. The average Bonchev–Trinajstić information content (AvgIpc) is 2.65. The standard InChI is InChI=1S/C16H19ClFN5O2S/c1-2-19-15-5-6-16(21-20-15)22-7-9-23(10-8-22)26(24,25)12-3-4-14(18)13(17)11-12/h3-6,11H,2,7-10H2,1H3,(H,19,20). The van der Waals surface area contributed by atoms with Gasteiger partial charge in [-0.3, -0.25) is 0 Å². The number of hydrogen-bond donors (Lipinski definition) is 1. The van der Waals surface area contributed by atoms with Crippen LogP contribution in [0, 0.1) is 5.82 Å². The number of halogens is 2. The molecule has 0 unspecified atom stereocenters. The third-order valence-electron chi connectivity index (χ3n) is 4.10. The average molecular weight is 400 g/mol. The van der Waals surface area contributed by atoms with E-state index in [9.17, 15) is 12.8 Å². The number of rotatable bonds is 5. The second-order valence-electron chi connectivity index (χ2n) is 5.77. The van der Waals surface area contributed by atoms with Crippen LogP contribution < -0.4 is 10.2 Å². The van der Waals surface area contributed by atoms with Gasteiger partial charge in [0.15, 0.2) is 5.82 Å². The molecule has 0 bridgehead atoms. The molecule has 26 heavy (non-hydrogen) atoms. The molecular formula is C16H19ClFN5O2S. The van der Waals surface area contributed by atoms with Crippen LogP contribution in [0.25, 0.3) is 0 Å². The second-order valence-corrected chi connectivity index (χ2v) is 8.12. The summed E-state index contributed by atoms with van der Waals surface area (Å²) in [6.07, 6.45) is 0. The van der Waals surface area contributed by atoms with Gasteiger partial charge in [-0.2, -0.15) is 4.31 Å². The van der Waals surface area contributed by atoms with Crippen LogP contribution in [-0.2, 0) is 10.0 Å². The van der Waals surface area contributed by atoms with Crippen molar-refractivity contribution in [1.82, 2.24) is 14.5 Å². The molecule has 2 heterocycles.